The van der Waals surface area contributed by atoms with Crippen LogP contribution in [-0.2, 0) is 16.0 Å². The number of pyridine rings is 1. The molecule has 2 heterocycles. The van der Waals surface area contributed by atoms with E-state index in [1.165, 1.54) is 18.5 Å². The summed E-state index contributed by atoms with van der Waals surface area (Å²) in [5.41, 5.74) is 2.16. The van der Waals surface area contributed by atoms with E-state index in [4.69, 9.17) is 0 Å². The van der Waals surface area contributed by atoms with Gasteiger partial charge in [-0.05, 0) is 74.1 Å². The number of nitrogens with zero attached hydrogens (tertiary/aromatic N) is 3. The Kier molecular flexibility index (Phi) is 5.51. The standard InChI is InChI=1S/C23H28N4O2/c1-26(17-10-18-8-13-24-14-9-18)22(29)23(11-12-23)21(28)25-19-4-6-20(7-5-19)27-15-2-3-16-27/h4-9,13-14H,2-3,10-12,15-17H2,1H3,(H,25,28). The molecule has 1 aromatic heterocycles. The van der Waals surface area contributed by atoms with Crippen molar-refractivity contribution in [3.8, 4) is 0 Å². The number of carbonyl (C=O) groups excluding carboxylic acids is 2. The molecule has 0 spiro atoms. The molecule has 2 aliphatic rings. The van der Waals surface area contributed by atoms with Crippen LogP contribution < -0.4 is 10.2 Å². The number of amides is 2. The molecule has 1 aliphatic carbocycles. The first-order chi connectivity index (χ1) is 14.1. The summed E-state index contributed by atoms with van der Waals surface area (Å²) in [6.45, 7) is 2.77. The maximum atomic E-state index is 13.0. The van der Waals surface area contributed by atoms with Gasteiger partial charge in [0, 0.05) is 50.5 Å². The molecular formula is C23H28N4O2. The number of hydrogen-bond donors (Lipinski definition) is 1. The Morgan fingerprint density at radius 3 is 2.34 bits per heavy atom. The van der Waals surface area contributed by atoms with Crippen LogP contribution in [0.4, 0.5) is 11.4 Å². The number of carbonyl (C=O) groups is 2. The Morgan fingerprint density at radius 2 is 1.72 bits per heavy atom. The number of hydrogen-bond acceptors (Lipinski definition) is 4. The number of likely N-dealkylation sites (N-methyl/N-ethyl adjacent to an activating group) is 1. The highest BCUT2D eigenvalue weighted by molar-refractivity contribution is 6.13. The summed E-state index contributed by atoms with van der Waals surface area (Å²) in [4.78, 5) is 33.9. The zero-order valence-electron chi connectivity index (χ0n) is 16.9. The van der Waals surface area contributed by atoms with Crippen molar-refractivity contribution in [2.75, 3.05) is 36.9 Å². The van der Waals surface area contributed by atoms with Gasteiger partial charge in [0.1, 0.15) is 5.41 Å². The molecule has 1 saturated heterocycles. The number of anilines is 2. The third-order valence-electron chi connectivity index (χ3n) is 6.02. The van der Waals surface area contributed by atoms with Gasteiger partial charge in [0.15, 0.2) is 0 Å². The van der Waals surface area contributed by atoms with Crippen LogP contribution in [-0.4, -0.2) is 48.4 Å². The van der Waals surface area contributed by atoms with Crippen molar-refractivity contribution >= 4 is 23.2 Å². The van der Waals surface area contributed by atoms with Crippen LogP contribution in [0.5, 0.6) is 0 Å². The molecule has 2 amide bonds. The van der Waals surface area contributed by atoms with Gasteiger partial charge in [-0.2, -0.15) is 0 Å². The predicted octanol–water partition coefficient (Wildman–Crippen LogP) is 3.10. The smallest absolute Gasteiger partial charge is 0.240 e. The van der Waals surface area contributed by atoms with Crippen LogP contribution in [0.15, 0.2) is 48.8 Å². The summed E-state index contributed by atoms with van der Waals surface area (Å²) >= 11 is 0. The summed E-state index contributed by atoms with van der Waals surface area (Å²) < 4.78 is 0. The van der Waals surface area contributed by atoms with Crippen LogP contribution in [0.2, 0.25) is 0 Å². The number of nitrogens with one attached hydrogen (secondary N) is 1. The summed E-state index contributed by atoms with van der Waals surface area (Å²) in [5.74, 6) is -0.273. The van der Waals surface area contributed by atoms with Gasteiger partial charge in [-0.3, -0.25) is 14.6 Å². The van der Waals surface area contributed by atoms with Gasteiger partial charge >= 0.3 is 0 Å². The van der Waals surface area contributed by atoms with Gasteiger partial charge in [0.25, 0.3) is 0 Å². The second-order valence-corrected chi connectivity index (χ2v) is 8.11. The average molecular weight is 393 g/mol. The van der Waals surface area contributed by atoms with E-state index in [0.29, 0.717) is 19.4 Å². The molecule has 4 rings (SSSR count). The molecule has 152 valence electrons. The molecule has 0 atom stereocenters. The molecule has 2 fully saturated rings. The van der Waals surface area contributed by atoms with E-state index in [1.54, 1.807) is 24.3 Å². The Labute approximate surface area is 171 Å². The van der Waals surface area contributed by atoms with Crippen LogP contribution in [0.1, 0.15) is 31.2 Å². The van der Waals surface area contributed by atoms with E-state index in [0.717, 1.165) is 30.8 Å². The Hall–Kier alpha value is -2.89. The van der Waals surface area contributed by atoms with E-state index in [1.807, 2.05) is 36.4 Å². The first-order valence-electron chi connectivity index (χ1n) is 10.4. The molecule has 6 nitrogen and oxygen atoms in total. The monoisotopic (exact) mass is 392 g/mol. The van der Waals surface area contributed by atoms with Crippen molar-refractivity contribution in [1.82, 2.24) is 9.88 Å². The molecule has 1 aliphatic heterocycles. The lowest BCUT2D eigenvalue weighted by Crippen LogP contribution is -2.41. The van der Waals surface area contributed by atoms with Crippen LogP contribution in [0.3, 0.4) is 0 Å². The highest BCUT2D eigenvalue weighted by Gasteiger charge is 2.57. The average Bonchev–Trinajstić information content (AvgIpc) is 3.39. The zero-order chi connectivity index (χ0) is 20.3. The van der Waals surface area contributed by atoms with Gasteiger partial charge in [-0.15, -0.1) is 0 Å². The van der Waals surface area contributed by atoms with Gasteiger partial charge in [0.05, 0.1) is 0 Å². The number of aromatic nitrogens is 1. The van der Waals surface area contributed by atoms with Gasteiger partial charge in [0.2, 0.25) is 11.8 Å². The van der Waals surface area contributed by atoms with Crippen molar-refractivity contribution in [3.63, 3.8) is 0 Å². The second kappa shape index (κ2) is 8.23. The molecular weight excluding hydrogens is 364 g/mol. The third kappa shape index (κ3) is 4.26. The number of benzene rings is 1. The van der Waals surface area contributed by atoms with Crippen molar-refractivity contribution in [1.29, 1.82) is 0 Å². The quantitative estimate of drug-likeness (QED) is 0.736. The second-order valence-electron chi connectivity index (χ2n) is 8.11. The van der Waals surface area contributed by atoms with Gasteiger partial charge in [-0.25, -0.2) is 0 Å². The largest absolute Gasteiger partial charge is 0.372 e. The first kappa shape index (κ1) is 19.4. The Bertz CT molecular complexity index is 856. The zero-order valence-corrected chi connectivity index (χ0v) is 16.9. The summed E-state index contributed by atoms with van der Waals surface area (Å²) in [6.07, 6.45) is 7.95. The van der Waals surface area contributed by atoms with E-state index < -0.39 is 5.41 Å². The maximum absolute atomic E-state index is 13.0. The summed E-state index contributed by atoms with van der Waals surface area (Å²) in [7, 11) is 1.78. The van der Waals surface area contributed by atoms with E-state index in [9.17, 15) is 9.59 Å². The minimum absolute atomic E-state index is 0.0854. The lowest BCUT2D eigenvalue weighted by atomic mass is 10.0. The fourth-order valence-electron chi connectivity index (χ4n) is 3.96. The maximum Gasteiger partial charge on any atom is 0.240 e. The lowest BCUT2D eigenvalue weighted by molar-refractivity contribution is -0.141. The van der Waals surface area contributed by atoms with Crippen LogP contribution in [0, 0.1) is 5.41 Å². The molecule has 0 bridgehead atoms. The lowest BCUT2D eigenvalue weighted by Gasteiger charge is -2.23. The molecule has 1 aromatic carbocycles. The minimum atomic E-state index is -0.902. The number of rotatable bonds is 7. The van der Waals surface area contributed by atoms with Crippen LogP contribution >= 0.6 is 0 Å². The molecule has 0 unspecified atom stereocenters. The van der Waals surface area contributed by atoms with Gasteiger partial charge in [-0.1, -0.05) is 0 Å². The Balaban J connectivity index is 1.34. The van der Waals surface area contributed by atoms with E-state index in [-0.39, 0.29) is 11.8 Å². The topological polar surface area (TPSA) is 65.5 Å². The molecule has 1 N–H and O–H groups in total. The van der Waals surface area contributed by atoms with Gasteiger partial charge < -0.3 is 15.1 Å². The Morgan fingerprint density at radius 1 is 1.07 bits per heavy atom. The van der Waals surface area contributed by atoms with E-state index in [2.05, 4.69) is 15.2 Å². The fraction of sp³-hybridized carbons (Fsp3) is 0.435. The van der Waals surface area contributed by atoms with Crippen molar-refractivity contribution in [3.05, 3.63) is 54.4 Å². The molecule has 29 heavy (non-hydrogen) atoms. The van der Waals surface area contributed by atoms with Crippen LogP contribution in [0.25, 0.3) is 0 Å². The summed E-state index contributed by atoms with van der Waals surface area (Å²) in [6, 6.07) is 11.8. The highest BCUT2D eigenvalue weighted by Crippen LogP contribution is 2.48. The first-order valence-corrected chi connectivity index (χ1v) is 10.4. The highest BCUT2D eigenvalue weighted by atomic mass is 16.2. The SMILES string of the molecule is CN(CCc1ccncc1)C(=O)C1(C(=O)Nc2ccc(N3CCCC3)cc2)CC1. The minimum Gasteiger partial charge on any atom is -0.372 e. The predicted molar refractivity (Wildman–Crippen MR) is 114 cm³/mol. The van der Waals surface area contributed by atoms with Crippen molar-refractivity contribution in [2.24, 2.45) is 5.41 Å². The van der Waals surface area contributed by atoms with E-state index >= 15 is 0 Å². The summed E-state index contributed by atoms with van der Waals surface area (Å²) in [5, 5.41) is 2.96. The molecule has 0 radical (unpaired) electrons. The molecule has 6 heteroatoms. The van der Waals surface area contributed by atoms with Crippen molar-refractivity contribution < 1.29 is 9.59 Å². The third-order valence-corrected chi connectivity index (χ3v) is 6.02. The molecule has 2 aromatic rings. The normalized spacial score (nSPS) is 17.1. The molecule has 1 saturated carbocycles. The fourth-order valence-corrected chi connectivity index (χ4v) is 3.96. The van der Waals surface area contributed by atoms with Crippen molar-refractivity contribution in [2.45, 2.75) is 32.1 Å².